The van der Waals surface area contributed by atoms with Crippen LogP contribution in [-0.2, 0) is 13.1 Å². The maximum atomic E-state index is 13.2. The smallest absolute Gasteiger partial charge is 0.123 e. The average molecular weight is 365 g/mol. The van der Waals surface area contributed by atoms with Crippen molar-refractivity contribution in [2.75, 3.05) is 27.2 Å². The summed E-state index contributed by atoms with van der Waals surface area (Å²) in [5, 5.41) is 0. The summed E-state index contributed by atoms with van der Waals surface area (Å²) in [5.41, 5.74) is 4.76. The SMILES string of the molecule is CN(C)CCN(Cc1ccc(F)cc1)Cc1cncc(C2=CCCC=C2)c1. The van der Waals surface area contributed by atoms with Crippen LogP contribution in [0, 0.1) is 5.82 Å². The second-order valence-electron chi connectivity index (χ2n) is 7.36. The average Bonchev–Trinajstić information content (AvgIpc) is 2.69. The molecule has 0 fully saturated rings. The fraction of sp³-hybridized carbons (Fsp3) is 0.348. The molecule has 0 saturated carbocycles. The van der Waals surface area contributed by atoms with Crippen LogP contribution in [0.1, 0.15) is 29.5 Å². The molecule has 1 aliphatic rings. The number of aromatic nitrogens is 1. The van der Waals surface area contributed by atoms with Crippen molar-refractivity contribution in [3.8, 4) is 0 Å². The number of halogens is 1. The zero-order chi connectivity index (χ0) is 19.1. The Kier molecular flexibility index (Phi) is 6.91. The van der Waals surface area contributed by atoms with Crippen molar-refractivity contribution in [1.29, 1.82) is 0 Å². The molecular weight excluding hydrogens is 337 g/mol. The number of nitrogens with zero attached hydrogens (tertiary/aromatic N) is 3. The van der Waals surface area contributed by atoms with Gasteiger partial charge >= 0.3 is 0 Å². The number of hydrogen-bond donors (Lipinski definition) is 0. The Morgan fingerprint density at radius 2 is 1.74 bits per heavy atom. The molecule has 0 radical (unpaired) electrons. The lowest BCUT2D eigenvalue weighted by Gasteiger charge is -2.24. The van der Waals surface area contributed by atoms with Gasteiger partial charge in [0.25, 0.3) is 0 Å². The summed E-state index contributed by atoms with van der Waals surface area (Å²) in [6.07, 6.45) is 12.8. The van der Waals surface area contributed by atoms with Crippen LogP contribution in [0.15, 0.2) is 61.0 Å². The Morgan fingerprint density at radius 1 is 0.963 bits per heavy atom. The van der Waals surface area contributed by atoms with Gasteiger partial charge in [-0.15, -0.1) is 0 Å². The predicted molar refractivity (Wildman–Crippen MR) is 110 cm³/mol. The van der Waals surface area contributed by atoms with Gasteiger partial charge in [-0.25, -0.2) is 4.39 Å². The van der Waals surface area contributed by atoms with Crippen LogP contribution in [0.2, 0.25) is 0 Å². The highest BCUT2D eigenvalue weighted by atomic mass is 19.1. The number of pyridine rings is 1. The van der Waals surface area contributed by atoms with E-state index in [1.165, 1.54) is 28.8 Å². The molecule has 142 valence electrons. The van der Waals surface area contributed by atoms with E-state index in [2.05, 4.69) is 53.2 Å². The normalized spacial score (nSPS) is 14.0. The van der Waals surface area contributed by atoms with Gasteiger partial charge in [-0.2, -0.15) is 0 Å². The van der Waals surface area contributed by atoms with Crippen molar-refractivity contribution in [1.82, 2.24) is 14.8 Å². The van der Waals surface area contributed by atoms with Crippen LogP contribution >= 0.6 is 0 Å². The molecule has 27 heavy (non-hydrogen) atoms. The van der Waals surface area contributed by atoms with Crippen molar-refractivity contribution in [3.63, 3.8) is 0 Å². The van der Waals surface area contributed by atoms with Crippen LogP contribution in [0.4, 0.5) is 4.39 Å². The molecule has 3 nitrogen and oxygen atoms in total. The van der Waals surface area contributed by atoms with Crippen molar-refractivity contribution >= 4 is 5.57 Å². The molecule has 1 aromatic carbocycles. The van der Waals surface area contributed by atoms with Crippen molar-refractivity contribution in [3.05, 3.63) is 83.5 Å². The van der Waals surface area contributed by atoms with Crippen molar-refractivity contribution in [2.24, 2.45) is 0 Å². The lowest BCUT2D eigenvalue weighted by atomic mass is 10.00. The van der Waals surface area contributed by atoms with Crippen LogP contribution in [0.3, 0.4) is 0 Å². The molecular formula is C23H28FN3. The standard InChI is InChI=1S/C23H28FN3/c1-26(2)12-13-27(17-19-8-10-23(24)11-9-19)18-20-14-22(16-25-15-20)21-6-4-3-5-7-21/h4,6-11,14-16H,3,5,12-13,17-18H2,1-2H3. The highest BCUT2D eigenvalue weighted by Crippen LogP contribution is 2.22. The minimum absolute atomic E-state index is 0.190. The Labute approximate surface area is 161 Å². The Morgan fingerprint density at radius 3 is 2.44 bits per heavy atom. The summed E-state index contributed by atoms with van der Waals surface area (Å²) in [6.45, 7) is 3.53. The van der Waals surface area contributed by atoms with Crippen LogP contribution in [0.25, 0.3) is 5.57 Å². The second kappa shape index (κ2) is 9.58. The molecule has 0 saturated heterocycles. The molecule has 0 unspecified atom stereocenters. The summed E-state index contributed by atoms with van der Waals surface area (Å²) in [5.74, 6) is -0.190. The third kappa shape index (κ3) is 6.12. The van der Waals surface area contributed by atoms with Gasteiger partial charge in [-0.1, -0.05) is 30.4 Å². The maximum Gasteiger partial charge on any atom is 0.123 e. The molecule has 1 aromatic heterocycles. The monoisotopic (exact) mass is 365 g/mol. The van der Waals surface area contributed by atoms with Crippen LogP contribution in [0.5, 0.6) is 0 Å². The first kappa shape index (κ1) is 19.5. The molecule has 1 aliphatic carbocycles. The van der Waals surface area contributed by atoms with Gasteiger partial charge in [0.1, 0.15) is 5.82 Å². The van der Waals surface area contributed by atoms with Gasteiger partial charge in [-0.05, 0) is 67.4 Å². The maximum absolute atomic E-state index is 13.2. The van der Waals surface area contributed by atoms with E-state index in [0.29, 0.717) is 0 Å². The largest absolute Gasteiger partial charge is 0.308 e. The lowest BCUT2D eigenvalue weighted by molar-refractivity contribution is 0.226. The van der Waals surface area contributed by atoms with Crippen LogP contribution in [-0.4, -0.2) is 42.0 Å². The third-order valence-corrected chi connectivity index (χ3v) is 4.71. The number of likely N-dealkylation sites (N-methyl/N-ethyl adjacent to an activating group) is 1. The van der Waals surface area contributed by atoms with Gasteiger partial charge in [0, 0.05) is 38.6 Å². The number of benzene rings is 1. The zero-order valence-electron chi connectivity index (χ0n) is 16.2. The van der Waals surface area contributed by atoms with Gasteiger partial charge in [-0.3, -0.25) is 9.88 Å². The van der Waals surface area contributed by atoms with Gasteiger partial charge in [0.15, 0.2) is 0 Å². The third-order valence-electron chi connectivity index (χ3n) is 4.71. The molecule has 0 N–H and O–H groups in total. The fourth-order valence-corrected chi connectivity index (χ4v) is 3.22. The van der Waals surface area contributed by atoms with E-state index in [1.54, 1.807) is 0 Å². The van der Waals surface area contributed by atoms with E-state index in [9.17, 15) is 4.39 Å². The topological polar surface area (TPSA) is 19.4 Å². The Balaban J connectivity index is 1.73. The first-order chi connectivity index (χ1) is 13.1. The van der Waals surface area contributed by atoms with E-state index in [-0.39, 0.29) is 5.82 Å². The Bertz CT molecular complexity index is 794. The molecule has 0 aliphatic heterocycles. The molecule has 0 spiro atoms. The second-order valence-corrected chi connectivity index (χ2v) is 7.36. The quantitative estimate of drug-likeness (QED) is 0.686. The Hall–Kier alpha value is -2.30. The predicted octanol–water partition coefficient (Wildman–Crippen LogP) is 4.52. The van der Waals surface area contributed by atoms with E-state index >= 15 is 0 Å². The highest BCUT2D eigenvalue weighted by molar-refractivity contribution is 5.74. The zero-order valence-corrected chi connectivity index (χ0v) is 16.2. The molecule has 1 heterocycles. The summed E-state index contributed by atoms with van der Waals surface area (Å²) in [4.78, 5) is 9.04. The molecule has 4 heteroatoms. The van der Waals surface area contributed by atoms with Gasteiger partial charge in [0.05, 0.1) is 0 Å². The molecule has 3 rings (SSSR count). The first-order valence-electron chi connectivity index (χ1n) is 9.53. The lowest BCUT2D eigenvalue weighted by Crippen LogP contribution is -2.31. The molecule has 2 aromatic rings. The molecule has 0 bridgehead atoms. The number of rotatable bonds is 8. The summed E-state index contributed by atoms with van der Waals surface area (Å²) >= 11 is 0. The first-order valence-corrected chi connectivity index (χ1v) is 9.53. The van der Waals surface area contributed by atoms with E-state index in [1.807, 2.05) is 24.5 Å². The number of allylic oxidation sites excluding steroid dienone is 4. The van der Waals surface area contributed by atoms with Crippen LogP contribution < -0.4 is 0 Å². The molecule has 0 amide bonds. The molecule has 0 atom stereocenters. The summed E-state index contributed by atoms with van der Waals surface area (Å²) in [6, 6.07) is 9.03. The van der Waals surface area contributed by atoms with Crippen molar-refractivity contribution in [2.45, 2.75) is 25.9 Å². The van der Waals surface area contributed by atoms with Gasteiger partial charge in [0.2, 0.25) is 0 Å². The van der Waals surface area contributed by atoms with E-state index < -0.39 is 0 Å². The fourth-order valence-electron chi connectivity index (χ4n) is 3.22. The minimum Gasteiger partial charge on any atom is -0.308 e. The van der Waals surface area contributed by atoms with Gasteiger partial charge < -0.3 is 4.90 Å². The minimum atomic E-state index is -0.190. The summed E-state index contributed by atoms with van der Waals surface area (Å²) < 4.78 is 13.2. The summed E-state index contributed by atoms with van der Waals surface area (Å²) in [7, 11) is 4.17. The highest BCUT2D eigenvalue weighted by Gasteiger charge is 2.10. The number of hydrogen-bond acceptors (Lipinski definition) is 3. The van der Waals surface area contributed by atoms with Crippen molar-refractivity contribution < 1.29 is 4.39 Å². The van der Waals surface area contributed by atoms with E-state index in [0.717, 1.165) is 44.6 Å². The van der Waals surface area contributed by atoms with E-state index in [4.69, 9.17) is 0 Å².